The van der Waals surface area contributed by atoms with Crippen molar-refractivity contribution in [3.8, 4) is 0 Å². The van der Waals surface area contributed by atoms with Crippen molar-refractivity contribution in [2.24, 2.45) is 0 Å². The van der Waals surface area contributed by atoms with Crippen molar-refractivity contribution in [2.45, 2.75) is 99.6 Å². The van der Waals surface area contributed by atoms with Gasteiger partial charge in [-0.15, -0.1) is 35.3 Å². The van der Waals surface area contributed by atoms with Gasteiger partial charge in [0.25, 0.3) is 0 Å². The Morgan fingerprint density at radius 3 is 2.28 bits per heavy atom. The lowest BCUT2D eigenvalue weighted by Gasteiger charge is -2.19. The van der Waals surface area contributed by atoms with Gasteiger partial charge in [0.05, 0.1) is 10.9 Å². The molecule has 0 saturated heterocycles. The maximum atomic E-state index is 13.2. The molecule has 1 unspecified atom stereocenters. The lowest BCUT2D eigenvalue weighted by Crippen LogP contribution is -2.26. The summed E-state index contributed by atoms with van der Waals surface area (Å²) in [5, 5.41) is 4.16. The third-order valence-corrected chi connectivity index (χ3v) is 7.82. The molecule has 0 radical (unpaired) electrons. The number of hydrogen-bond acceptors (Lipinski definition) is 5. The van der Waals surface area contributed by atoms with Crippen molar-refractivity contribution >= 4 is 46.9 Å². The Hall–Kier alpha value is -0.330. The lowest BCUT2D eigenvalue weighted by molar-refractivity contribution is -0.115. The highest BCUT2D eigenvalue weighted by Gasteiger charge is 2.21. The maximum absolute atomic E-state index is 13.2. The zero-order valence-corrected chi connectivity index (χ0v) is 21.2. The van der Waals surface area contributed by atoms with Crippen LogP contribution in [0.1, 0.15) is 84.5 Å². The molecule has 166 valence electrons. The van der Waals surface area contributed by atoms with Gasteiger partial charge in [-0.3, -0.25) is 4.79 Å². The Balaban J connectivity index is 2.68. The fourth-order valence-electron chi connectivity index (χ4n) is 3.22. The van der Waals surface area contributed by atoms with Gasteiger partial charge in [0.1, 0.15) is 5.03 Å². The summed E-state index contributed by atoms with van der Waals surface area (Å²) in [4.78, 5) is 18.7. The normalized spacial score (nSPS) is 12.1. The minimum absolute atomic E-state index is 0.0346. The first-order valence-corrected chi connectivity index (χ1v) is 14.7. The minimum atomic E-state index is 0.0346. The van der Waals surface area contributed by atoms with E-state index in [1.165, 1.54) is 57.8 Å². The van der Waals surface area contributed by atoms with Gasteiger partial charge in [-0.2, -0.15) is 0 Å². The van der Waals surface area contributed by atoms with Gasteiger partial charge in [0.2, 0.25) is 5.91 Å². The molecule has 1 aromatic heterocycles. The van der Waals surface area contributed by atoms with E-state index < -0.39 is 0 Å². The van der Waals surface area contributed by atoms with E-state index in [-0.39, 0.29) is 11.2 Å². The predicted octanol–water partition coefficient (Wildman–Crippen LogP) is 7.90. The van der Waals surface area contributed by atoms with Crippen molar-refractivity contribution in [1.82, 2.24) is 4.98 Å². The molecule has 0 fully saturated rings. The van der Waals surface area contributed by atoms with E-state index in [0.717, 1.165) is 34.2 Å². The summed E-state index contributed by atoms with van der Waals surface area (Å²) in [5.41, 5.74) is 0.886. The number of hydrogen-bond donors (Lipinski definition) is 1. The number of pyridine rings is 1. The molecule has 3 nitrogen and oxygen atoms in total. The van der Waals surface area contributed by atoms with Gasteiger partial charge in [0.15, 0.2) is 0 Å². The van der Waals surface area contributed by atoms with Crippen LogP contribution in [0, 0.1) is 0 Å². The summed E-state index contributed by atoms with van der Waals surface area (Å²) in [6.45, 7) is 4.49. The van der Waals surface area contributed by atoms with Crippen molar-refractivity contribution in [3.05, 3.63) is 12.3 Å². The van der Waals surface area contributed by atoms with Crippen LogP contribution >= 0.6 is 35.3 Å². The van der Waals surface area contributed by atoms with Crippen LogP contribution in [0.4, 0.5) is 5.69 Å². The average Bonchev–Trinajstić information content (AvgIpc) is 2.74. The molecule has 6 heteroatoms. The molecule has 0 bridgehead atoms. The molecule has 1 aromatic rings. The highest BCUT2D eigenvalue weighted by molar-refractivity contribution is 8.00. The van der Waals surface area contributed by atoms with Crippen LogP contribution in [0.2, 0.25) is 0 Å². The monoisotopic (exact) mass is 456 g/mol. The third-order valence-electron chi connectivity index (χ3n) is 4.97. The van der Waals surface area contributed by atoms with Crippen LogP contribution in [0.25, 0.3) is 0 Å². The molecule has 0 spiro atoms. The van der Waals surface area contributed by atoms with Crippen molar-refractivity contribution in [3.63, 3.8) is 0 Å². The Morgan fingerprint density at radius 2 is 1.62 bits per heavy atom. The first-order chi connectivity index (χ1) is 14.2. The average molecular weight is 457 g/mol. The van der Waals surface area contributed by atoms with Gasteiger partial charge >= 0.3 is 0 Å². The molecule has 0 saturated carbocycles. The Bertz CT molecular complexity index is 547. The maximum Gasteiger partial charge on any atom is 0.237 e. The highest BCUT2D eigenvalue weighted by atomic mass is 32.2. The zero-order chi connectivity index (χ0) is 21.3. The zero-order valence-electron chi connectivity index (χ0n) is 18.8. The van der Waals surface area contributed by atoms with Crippen LogP contribution in [0.3, 0.4) is 0 Å². The smallest absolute Gasteiger partial charge is 0.237 e. The molecule has 29 heavy (non-hydrogen) atoms. The lowest BCUT2D eigenvalue weighted by atomic mass is 10.1. The number of carbonyl (C=O) groups excluding carboxylic acids is 1. The number of carbonyl (C=O) groups is 1. The second-order valence-corrected chi connectivity index (χ2v) is 10.3. The summed E-state index contributed by atoms with van der Waals surface area (Å²) < 4.78 is 0. The topological polar surface area (TPSA) is 42.0 Å². The predicted molar refractivity (Wildman–Crippen MR) is 135 cm³/mol. The van der Waals surface area contributed by atoms with E-state index in [9.17, 15) is 4.79 Å². The molecular weight excluding hydrogens is 416 g/mol. The van der Waals surface area contributed by atoms with Gasteiger partial charge < -0.3 is 5.32 Å². The number of thioether (sulfide) groups is 3. The number of rotatable bonds is 17. The van der Waals surface area contributed by atoms with Gasteiger partial charge in [-0.1, -0.05) is 71.6 Å². The largest absolute Gasteiger partial charge is 0.322 e. The van der Waals surface area contributed by atoms with Crippen LogP contribution in [-0.4, -0.2) is 34.4 Å². The van der Waals surface area contributed by atoms with E-state index in [2.05, 4.69) is 24.1 Å². The van der Waals surface area contributed by atoms with Crippen LogP contribution in [0.15, 0.2) is 22.2 Å². The Labute approximate surface area is 191 Å². The summed E-state index contributed by atoms with van der Waals surface area (Å²) >= 11 is 5.10. The summed E-state index contributed by atoms with van der Waals surface area (Å²) in [7, 11) is 0. The summed E-state index contributed by atoms with van der Waals surface area (Å²) in [6, 6.07) is 1.99. The van der Waals surface area contributed by atoms with Gasteiger partial charge in [-0.05, 0) is 37.2 Å². The number of amides is 1. The minimum Gasteiger partial charge on any atom is -0.322 e. The molecule has 0 aliphatic carbocycles. The molecular formula is C23H40N2OS3. The molecule has 1 rings (SSSR count). The number of aromatic nitrogens is 1. The molecule has 1 N–H and O–H groups in total. The Kier molecular flexibility index (Phi) is 16.0. The van der Waals surface area contributed by atoms with E-state index >= 15 is 0 Å². The first kappa shape index (κ1) is 26.7. The fourth-order valence-corrected chi connectivity index (χ4v) is 5.57. The second kappa shape index (κ2) is 17.4. The molecule has 1 heterocycles. The molecule has 1 amide bonds. The van der Waals surface area contributed by atoms with Crippen molar-refractivity contribution in [2.75, 3.05) is 23.6 Å². The molecule has 0 aliphatic heterocycles. The fraction of sp³-hybridized carbons (Fsp3) is 0.739. The van der Waals surface area contributed by atoms with E-state index in [0.29, 0.717) is 0 Å². The van der Waals surface area contributed by atoms with Crippen LogP contribution in [0.5, 0.6) is 0 Å². The molecule has 1 atom stereocenters. The SMILES string of the molecule is CCCCCCCCC(SCCCCCC)C(=O)Nc1c(SC)ccnc1SC. The van der Waals surface area contributed by atoms with Crippen molar-refractivity contribution < 1.29 is 4.79 Å². The quantitative estimate of drug-likeness (QED) is 0.191. The second-order valence-electron chi connectivity index (χ2n) is 7.36. The standard InChI is InChI=1S/C23H40N2OS3/c1-5-7-9-11-12-13-15-20(29-18-14-10-8-6-2)22(26)25-21-19(27-3)16-17-24-23(21)28-4/h16-17,20H,5-15,18H2,1-4H3,(H,25,26). The summed E-state index contributed by atoms with van der Waals surface area (Å²) in [6.07, 6.45) is 19.5. The Morgan fingerprint density at radius 1 is 0.966 bits per heavy atom. The molecule has 0 aliphatic rings. The number of anilines is 1. The third kappa shape index (κ3) is 11.0. The van der Waals surface area contributed by atoms with Crippen LogP contribution in [-0.2, 0) is 4.79 Å². The van der Waals surface area contributed by atoms with Crippen molar-refractivity contribution in [1.29, 1.82) is 0 Å². The number of nitrogens with one attached hydrogen (secondary N) is 1. The number of nitrogens with zero attached hydrogens (tertiary/aromatic N) is 1. The number of unbranched alkanes of at least 4 members (excludes halogenated alkanes) is 8. The summed E-state index contributed by atoms with van der Waals surface area (Å²) in [5.74, 6) is 1.23. The van der Waals surface area contributed by atoms with Gasteiger partial charge in [0, 0.05) is 11.1 Å². The first-order valence-electron chi connectivity index (χ1n) is 11.2. The van der Waals surface area contributed by atoms with E-state index in [4.69, 9.17) is 0 Å². The van der Waals surface area contributed by atoms with E-state index in [1.54, 1.807) is 23.5 Å². The highest BCUT2D eigenvalue weighted by Crippen LogP contribution is 2.33. The van der Waals surface area contributed by atoms with Crippen LogP contribution < -0.4 is 5.32 Å². The van der Waals surface area contributed by atoms with E-state index in [1.807, 2.05) is 36.5 Å². The molecule has 0 aromatic carbocycles. The van der Waals surface area contributed by atoms with Gasteiger partial charge in [-0.25, -0.2) is 4.98 Å².